The van der Waals surface area contributed by atoms with Gasteiger partial charge in [0.1, 0.15) is 79.4 Å². The predicted molar refractivity (Wildman–Crippen MR) is 320 cm³/mol. The topological polar surface area (TPSA) is 542 Å². The minimum Gasteiger partial charge on any atom is -0.508 e. The molecule has 33 heteroatoms. The summed E-state index contributed by atoms with van der Waals surface area (Å²) >= 11 is 0. The first-order valence-electron chi connectivity index (χ1n) is 31.2. The van der Waals surface area contributed by atoms with E-state index < -0.39 is 165 Å². The maximum absolute atomic E-state index is 13.7. The van der Waals surface area contributed by atoms with Crippen molar-refractivity contribution < 1.29 is 113 Å². The molecule has 3 aliphatic rings. The smallest absolute Gasteiger partial charge is 0.306 e. The third-order valence-electron chi connectivity index (χ3n) is 15.7. The maximum Gasteiger partial charge on any atom is 0.306 e. The Morgan fingerprint density at radius 3 is 1.40 bits per heavy atom. The van der Waals surface area contributed by atoms with E-state index in [4.69, 9.17) is 56.1 Å². The molecule has 0 radical (unpaired) electrons. The number of carbonyl (C=O) groups is 7. The summed E-state index contributed by atoms with van der Waals surface area (Å²) in [6.07, 6.45) is -10.9. The number of carbonyl (C=O) groups excluding carboxylic acids is 7. The zero-order chi connectivity index (χ0) is 67.0. The van der Waals surface area contributed by atoms with Gasteiger partial charge < -0.3 is 134 Å². The van der Waals surface area contributed by atoms with Gasteiger partial charge in [0, 0.05) is 65.8 Å². The molecule has 3 saturated heterocycles. The van der Waals surface area contributed by atoms with Crippen LogP contribution in [0, 0.1) is 0 Å². The molecule has 33 nitrogen and oxygen atoms in total. The third kappa shape index (κ3) is 27.2. The zero-order valence-electron chi connectivity index (χ0n) is 51.6. The SMILES string of the molecule is CNC(=O)CCC(=O)OCC1OC(OCCCCCCNC(=O)CCC(NC(=O)CCC(NC(=O)C(N)Cc2ccc(O)cc2)C(=O)NCCCCCOC2OC(CO)C(O)C(O)C2N)C(=O)NCCCCCOC2OC(CO)C(O)C(O)C2N)C(N)C(O)C1O. The Hall–Kier alpha value is -5.41. The van der Waals surface area contributed by atoms with Crippen LogP contribution < -0.4 is 54.8 Å². The van der Waals surface area contributed by atoms with E-state index in [1.165, 1.54) is 19.2 Å². The highest BCUT2D eigenvalue weighted by Gasteiger charge is 2.46. The van der Waals surface area contributed by atoms with Crippen molar-refractivity contribution in [1.82, 2.24) is 31.9 Å². The van der Waals surface area contributed by atoms with Crippen LogP contribution >= 0.6 is 0 Å². The van der Waals surface area contributed by atoms with Gasteiger partial charge in [-0.05, 0) is 88.3 Å². The number of phenols is 1. The lowest BCUT2D eigenvalue weighted by molar-refractivity contribution is -0.267. The number of hydrogen-bond acceptors (Lipinski definition) is 27. The van der Waals surface area contributed by atoms with Crippen molar-refractivity contribution in [2.24, 2.45) is 22.9 Å². The first-order valence-corrected chi connectivity index (χ1v) is 31.2. The van der Waals surface area contributed by atoms with Crippen molar-refractivity contribution in [2.75, 3.05) is 66.3 Å². The fourth-order valence-corrected chi connectivity index (χ4v) is 9.92. The van der Waals surface area contributed by atoms with Crippen LogP contribution in [0.3, 0.4) is 0 Å². The van der Waals surface area contributed by atoms with Gasteiger partial charge in [-0.15, -0.1) is 0 Å². The molecule has 91 heavy (non-hydrogen) atoms. The zero-order valence-corrected chi connectivity index (χ0v) is 51.6. The Morgan fingerprint density at radius 2 is 0.923 bits per heavy atom. The van der Waals surface area contributed by atoms with Crippen LogP contribution in [0.5, 0.6) is 5.75 Å². The molecule has 1 aromatic carbocycles. The molecule has 6 amide bonds. The molecule has 0 aliphatic carbocycles. The second-order valence-electron chi connectivity index (χ2n) is 22.8. The van der Waals surface area contributed by atoms with E-state index in [1.807, 2.05) is 0 Å². The number of aliphatic hydroxyl groups is 8. The summed E-state index contributed by atoms with van der Waals surface area (Å²) in [5, 5.41) is 106. The van der Waals surface area contributed by atoms with Gasteiger partial charge in [-0.1, -0.05) is 25.0 Å². The lowest BCUT2D eigenvalue weighted by Crippen LogP contribution is -2.62. The van der Waals surface area contributed by atoms with Gasteiger partial charge in [0.15, 0.2) is 18.9 Å². The average Bonchev–Trinajstić information content (AvgIpc) is 1.17. The lowest BCUT2D eigenvalue weighted by atomic mass is 9.98. The van der Waals surface area contributed by atoms with Crippen molar-refractivity contribution in [3.05, 3.63) is 29.8 Å². The highest BCUT2D eigenvalue weighted by atomic mass is 16.7. The number of unbranched alkanes of at least 4 members (excludes halogenated alkanes) is 7. The van der Waals surface area contributed by atoms with Crippen LogP contribution in [0.25, 0.3) is 0 Å². The van der Waals surface area contributed by atoms with Crippen molar-refractivity contribution >= 4 is 41.4 Å². The number of esters is 1. The highest BCUT2D eigenvalue weighted by molar-refractivity contribution is 5.91. The first-order chi connectivity index (χ1) is 43.5. The number of ether oxygens (including phenoxy) is 7. The second kappa shape index (κ2) is 42.0. The van der Waals surface area contributed by atoms with Crippen LogP contribution in [-0.4, -0.2) is 264 Å². The molecule has 0 aromatic heterocycles. The van der Waals surface area contributed by atoms with Crippen LogP contribution in [0.15, 0.2) is 24.3 Å². The molecule has 1 aromatic rings. The molecule has 0 bridgehead atoms. The predicted octanol–water partition coefficient (Wildman–Crippen LogP) is -6.53. The monoisotopic (exact) mass is 1300 g/mol. The van der Waals surface area contributed by atoms with Gasteiger partial charge >= 0.3 is 5.97 Å². The van der Waals surface area contributed by atoms with Crippen molar-refractivity contribution in [1.29, 1.82) is 0 Å². The minimum atomic E-state index is -1.47. The quantitative estimate of drug-likeness (QED) is 0.0214. The van der Waals surface area contributed by atoms with Gasteiger partial charge in [0.25, 0.3) is 0 Å². The summed E-state index contributed by atoms with van der Waals surface area (Å²) in [5.74, 6) is -4.07. The van der Waals surface area contributed by atoms with Gasteiger partial charge in [0.05, 0.1) is 43.8 Å². The number of nitrogens with two attached hydrogens (primary N) is 4. The summed E-state index contributed by atoms with van der Waals surface area (Å²) < 4.78 is 38.9. The van der Waals surface area contributed by atoms with Gasteiger partial charge in [0.2, 0.25) is 35.4 Å². The molecular weight excluding hydrogens is 1200 g/mol. The Bertz CT molecular complexity index is 2340. The number of benzene rings is 1. The number of aliphatic hydroxyl groups excluding tert-OH is 8. The van der Waals surface area contributed by atoms with Crippen molar-refractivity contribution in [3.8, 4) is 5.75 Å². The average molecular weight is 1310 g/mol. The molecule has 0 spiro atoms. The van der Waals surface area contributed by atoms with Crippen LogP contribution in [0.4, 0.5) is 0 Å². The Balaban J connectivity index is 1.29. The van der Waals surface area contributed by atoms with Crippen LogP contribution in [0.2, 0.25) is 0 Å². The molecule has 3 heterocycles. The van der Waals surface area contributed by atoms with Gasteiger partial charge in [-0.25, -0.2) is 0 Å². The molecule has 23 N–H and O–H groups in total. The lowest BCUT2D eigenvalue weighted by Gasteiger charge is -2.40. The summed E-state index contributed by atoms with van der Waals surface area (Å²) in [6.45, 7) is -0.538. The summed E-state index contributed by atoms with van der Waals surface area (Å²) in [6, 6.07) is -0.839. The number of rotatable bonds is 42. The van der Waals surface area contributed by atoms with Crippen LogP contribution in [-0.2, 0) is 73.1 Å². The molecule has 18 unspecified atom stereocenters. The Labute approximate surface area is 528 Å². The number of amides is 6. The first kappa shape index (κ1) is 78.0. The minimum absolute atomic E-state index is 0.00872. The van der Waals surface area contributed by atoms with E-state index in [2.05, 4.69) is 31.9 Å². The normalized spacial score (nSPS) is 27.5. The Kier molecular flexibility index (Phi) is 36.0. The molecule has 4 rings (SSSR count). The van der Waals surface area contributed by atoms with Crippen molar-refractivity contribution in [3.63, 3.8) is 0 Å². The van der Waals surface area contributed by atoms with Gasteiger partial charge in [-0.3, -0.25) is 33.6 Å². The molecule has 3 fully saturated rings. The van der Waals surface area contributed by atoms with Crippen molar-refractivity contribution in [2.45, 2.75) is 219 Å². The van der Waals surface area contributed by atoms with Gasteiger partial charge in [-0.2, -0.15) is 0 Å². The van der Waals surface area contributed by atoms with E-state index in [0.29, 0.717) is 69.8 Å². The maximum atomic E-state index is 13.7. The van der Waals surface area contributed by atoms with E-state index >= 15 is 0 Å². The molecule has 18 atom stereocenters. The summed E-state index contributed by atoms with van der Waals surface area (Å²) in [7, 11) is 1.43. The van der Waals surface area contributed by atoms with E-state index in [0.717, 1.165) is 0 Å². The van der Waals surface area contributed by atoms with E-state index in [-0.39, 0.29) is 96.1 Å². The molecule has 0 saturated carbocycles. The fourth-order valence-electron chi connectivity index (χ4n) is 9.92. The van der Waals surface area contributed by atoms with Crippen LogP contribution in [0.1, 0.15) is 108 Å². The Morgan fingerprint density at radius 1 is 0.505 bits per heavy atom. The number of nitrogens with one attached hydrogen (secondary N) is 6. The molecule has 3 aliphatic heterocycles. The summed E-state index contributed by atoms with van der Waals surface area (Å²) in [4.78, 5) is 91.3. The summed E-state index contributed by atoms with van der Waals surface area (Å²) in [5.41, 5.74) is 24.8. The number of aromatic hydroxyl groups is 1. The molecule has 520 valence electrons. The highest BCUT2D eigenvalue weighted by Crippen LogP contribution is 2.24. The number of hydrogen-bond donors (Lipinski definition) is 19. The fraction of sp³-hybridized carbons (Fsp3) is 0.776. The molecular formula is C58H100N10O23. The third-order valence-corrected chi connectivity index (χ3v) is 15.7. The largest absolute Gasteiger partial charge is 0.508 e. The standard InChI is InChI=1S/C58H100N10O23/c1-63-40(72)20-21-43(75)88-31-39-49(78)52(81)46(62)58(91-39)87-25-9-3-2-6-22-64-41(73)18-16-35(54(83)65-23-7-4-10-26-85-56-44(60)50(79)47(76)37(29-69)89-56)67-42(74)19-17-36(68-53(82)34(59)28-32-12-14-33(71)15-13-32)55(84)66-24-8-5-11-27-86-57-45(61)51(80)48(77)38(30-70)90-57/h12-15,34-39,44-52,56-58,69-71,76-81H,2-11,16-31,59-62H2,1H3,(H,63,72)(H,64,73)(H,65,83)(H,66,84)(H,67,74)(H,68,82). The van der Waals surface area contributed by atoms with E-state index in [9.17, 15) is 79.5 Å². The van der Waals surface area contributed by atoms with E-state index in [1.54, 1.807) is 12.1 Å². The second-order valence-corrected chi connectivity index (χ2v) is 22.8. The number of phenolic OH excluding ortho intramolecular Hbond substituents is 1.